The van der Waals surface area contributed by atoms with Gasteiger partial charge in [-0.05, 0) is 34.6 Å². The normalized spacial score (nSPS) is 17.0. The van der Waals surface area contributed by atoms with Crippen LogP contribution >= 0.6 is 0 Å². The predicted octanol–water partition coefficient (Wildman–Crippen LogP) is 1.15. The number of carbonyl (C=O) groups is 2. The molecule has 0 atom stereocenters. The Labute approximate surface area is 114 Å². The molecule has 6 nitrogen and oxygen atoms in total. The molecule has 1 N–H and O–H groups in total. The van der Waals surface area contributed by atoms with Crippen molar-refractivity contribution < 1.29 is 19.1 Å². The molecular weight excluding hydrogens is 248 g/mol. The van der Waals surface area contributed by atoms with Crippen LogP contribution in [0.5, 0.6) is 0 Å². The summed E-state index contributed by atoms with van der Waals surface area (Å²) < 4.78 is 10.4. The number of nitrogens with one attached hydrogen (secondary N) is 1. The molecule has 1 saturated heterocycles. The van der Waals surface area contributed by atoms with Crippen LogP contribution in [0.3, 0.4) is 0 Å². The first-order valence-electron chi connectivity index (χ1n) is 6.50. The largest absolute Gasteiger partial charge is 0.444 e. The van der Waals surface area contributed by atoms with Gasteiger partial charge in [0, 0.05) is 13.1 Å². The highest BCUT2D eigenvalue weighted by Crippen LogP contribution is 2.13. The molecule has 0 aromatic heterocycles. The highest BCUT2D eigenvalue weighted by atomic mass is 16.6. The third-order valence-electron chi connectivity index (χ3n) is 2.65. The monoisotopic (exact) mass is 272 g/mol. The standard InChI is InChI=1S/C13H24N2O4/c1-12(2,3)19-11(17)14-13(4,5)10(16)15-6-8-18-9-7-15/h6-9H2,1-5H3,(H,14,17). The first kappa shape index (κ1) is 15.8. The molecule has 0 aliphatic carbocycles. The van der Waals surface area contributed by atoms with Crippen molar-refractivity contribution in [3.8, 4) is 0 Å². The van der Waals surface area contributed by atoms with Crippen LogP contribution in [0.4, 0.5) is 4.79 Å². The number of amides is 2. The molecule has 1 rings (SSSR count). The maximum absolute atomic E-state index is 12.3. The summed E-state index contributed by atoms with van der Waals surface area (Å²) in [6, 6.07) is 0. The van der Waals surface area contributed by atoms with Gasteiger partial charge < -0.3 is 19.7 Å². The molecular formula is C13H24N2O4. The van der Waals surface area contributed by atoms with E-state index >= 15 is 0 Å². The molecule has 1 aliphatic heterocycles. The lowest BCUT2D eigenvalue weighted by Crippen LogP contribution is -2.58. The van der Waals surface area contributed by atoms with Crippen molar-refractivity contribution in [1.29, 1.82) is 0 Å². The number of hydrogen-bond donors (Lipinski definition) is 1. The van der Waals surface area contributed by atoms with Crippen molar-refractivity contribution in [2.45, 2.75) is 45.8 Å². The van der Waals surface area contributed by atoms with Gasteiger partial charge in [-0.3, -0.25) is 4.79 Å². The summed E-state index contributed by atoms with van der Waals surface area (Å²) in [6.07, 6.45) is -0.584. The zero-order valence-electron chi connectivity index (χ0n) is 12.4. The van der Waals surface area contributed by atoms with Gasteiger partial charge in [0.15, 0.2) is 0 Å². The molecule has 2 amide bonds. The number of hydrogen-bond acceptors (Lipinski definition) is 4. The summed E-state index contributed by atoms with van der Waals surface area (Å²) in [5.74, 6) is -0.123. The van der Waals surface area contributed by atoms with Gasteiger partial charge in [0.25, 0.3) is 0 Å². The van der Waals surface area contributed by atoms with Crippen LogP contribution in [-0.4, -0.2) is 54.3 Å². The number of rotatable bonds is 2. The summed E-state index contributed by atoms with van der Waals surface area (Å²) in [4.78, 5) is 25.7. The molecule has 0 radical (unpaired) electrons. The van der Waals surface area contributed by atoms with Crippen LogP contribution < -0.4 is 5.32 Å². The molecule has 1 aliphatic rings. The molecule has 19 heavy (non-hydrogen) atoms. The van der Waals surface area contributed by atoms with Crippen LogP contribution in [0.1, 0.15) is 34.6 Å². The highest BCUT2D eigenvalue weighted by molar-refractivity contribution is 5.89. The van der Waals surface area contributed by atoms with E-state index in [0.717, 1.165) is 0 Å². The Kier molecular flexibility index (Phi) is 4.79. The zero-order valence-corrected chi connectivity index (χ0v) is 12.4. The topological polar surface area (TPSA) is 67.9 Å². The summed E-state index contributed by atoms with van der Waals surface area (Å²) >= 11 is 0. The minimum Gasteiger partial charge on any atom is -0.444 e. The van der Waals surface area contributed by atoms with Gasteiger partial charge in [-0.1, -0.05) is 0 Å². The van der Waals surface area contributed by atoms with E-state index < -0.39 is 17.2 Å². The Morgan fingerprint density at radius 3 is 2.11 bits per heavy atom. The molecule has 6 heteroatoms. The second-order valence-corrected chi connectivity index (χ2v) is 6.16. The minimum atomic E-state index is -0.986. The molecule has 0 spiro atoms. The maximum Gasteiger partial charge on any atom is 0.408 e. The van der Waals surface area contributed by atoms with Crippen molar-refractivity contribution in [3.05, 3.63) is 0 Å². The molecule has 0 unspecified atom stereocenters. The Bertz CT molecular complexity index is 341. The van der Waals surface area contributed by atoms with Gasteiger partial charge in [-0.2, -0.15) is 0 Å². The van der Waals surface area contributed by atoms with Gasteiger partial charge >= 0.3 is 6.09 Å². The zero-order chi connectivity index (χ0) is 14.7. The van der Waals surface area contributed by atoms with Gasteiger partial charge in [0.2, 0.25) is 5.91 Å². The van der Waals surface area contributed by atoms with E-state index in [0.29, 0.717) is 26.3 Å². The SMILES string of the molecule is CC(C)(C)OC(=O)NC(C)(C)C(=O)N1CCOCC1. The number of carbonyl (C=O) groups excluding carboxylic acids is 2. The first-order chi connectivity index (χ1) is 8.62. The Morgan fingerprint density at radius 1 is 1.11 bits per heavy atom. The molecule has 0 aromatic carbocycles. The van der Waals surface area contributed by atoms with Crippen molar-refractivity contribution in [1.82, 2.24) is 10.2 Å². The highest BCUT2D eigenvalue weighted by Gasteiger charge is 2.35. The van der Waals surface area contributed by atoms with E-state index in [2.05, 4.69) is 5.32 Å². The lowest BCUT2D eigenvalue weighted by atomic mass is 10.0. The third-order valence-corrected chi connectivity index (χ3v) is 2.65. The van der Waals surface area contributed by atoms with Crippen LogP contribution in [0.15, 0.2) is 0 Å². The fourth-order valence-electron chi connectivity index (χ4n) is 1.77. The lowest BCUT2D eigenvalue weighted by molar-refractivity contribution is -0.141. The Balaban J connectivity index is 2.58. The predicted molar refractivity (Wildman–Crippen MR) is 70.8 cm³/mol. The average Bonchev–Trinajstić information content (AvgIpc) is 2.25. The van der Waals surface area contributed by atoms with E-state index in [1.807, 2.05) is 0 Å². The molecule has 0 aromatic rings. The quantitative estimate of drug-likeness (QED) is 0.818. The average molecular weight is 272 g/mol. The van der Waals surface area contributed by atoms with E-state index in [1.54, 1.807) is 39.5 Å². The fourth-order valence-corrected chi connectivity index (χ4v) is 1.77. The van der Waals surface area contributed by atoms with Crippen molar-refractivity contribution >= 4 is 12.0 Å². The smallest absolute Gasteiger partial charge is 0.408 e. The first-order valence-corrected chi connectivity index (χ1v) is 6.50. The number of nitrogens with zero attached hydrogens (tertiary/aromatic N) is 1. The van der Waals surface area contributed by atoms with Gasteiger partial charge in [0.05, 0.1) is 13.2 Å². The minimum absolute atomic E-state index is 0.123. The summed E-state index contributed by atoms with van der Waals surface area (Å²) in [5.41, 5.74) is -1.57. The summed E-state index contributed by atoms with van der Waals surface area (Å²) in [6.45, 7) is 10.9. The molecule has 1 fully saturated rings. The van der Waals surface area contributed by atoms with Crippen molar-refractivity contribution in [2.75, 3.05) is 26.3 Å². The second kappa shape index (κ2) is 5.77. The number of alkyl carbamates (subject to hydrolysis) is 1. The van der Waals surface area contributed by atoms with Crippen LogP contribution in [0.2, 0.25) is 0 Å². The van der Waals surface area contributed by atoms with E-state index in [-0.39, 0.29) is 5.91 Å². The van der Waals surface area contributed by atoms with Crippen LogP contribution in [-0.2, 0) is 14.3 Å². The van der Waals surface area contributed by atoms with E-state index in [9.17, 15) is 9.59 Å². The molecule has 110 valence electrons. The fraction of sp³-hybridized carbons (Fsp3) is 0.846. The van der Waals surface area contributed by atoms with E-state index in [4.69, 9.17) is 9.47 Å². The van der Waals surface area contributed by atoms with Gasteiger partial charge in [-0.15, -0.1) is 0 Å². The molecule has 1 heterocycles. The Hall–Kier alpha value is -1.30. The van der Waals surface area contributed by atoms with Crippen molar-refractivity contribution in [3.63, 3.8) is 0 Å². The van der Waals surface area contributed by atoms with Crippen molar-refractivity contribution in [2.24, 2.45) is 0 Å². The summed E-state index contributed by atoms with van der Waals surface area (Å²) in [7, 11) is 0. The van der Waals surface area contributed by atoms with E-state index in [1.165, 1.54) is 0 Å². The third kappa shape index (κ3) is 5.06. The lowest BCUT2D eigenvalue weighted by Gasteiger charge is -2.35. The maximum atomic E-state index is 12.3. The van der Waals surface area contributed by atoms with Crippen LogP contribution in [0.25, 0.3) is 0 Å². The second-order valence-electron chi connectivity index (χ2n) is 6.16. The summed E-state index contributed by atoms with van der Waals surface area (Å²) in [5, 5.41) is 2.62. The van der Waals surface area contributed by atoms with Crippen LogP contribution in [0, 0.1) is 0 Å². The van der Waals surface area contributed by atoms with Gasteiger partial charge in [0.1, 0.15) is 11.1 Å². The number of ether oxygens (including phenoxy) is 2. The molecule has 0 bridgehead atoms. The van der Waals surface area contributed by atoms with Gasteiger partial charge in [-0.25, -0.2) is 4.79 Å². The molecule has 0 saturated carbocycles. The Morgan fingerprint density at radius 2 is 1.63 bits per heavy atom. The number of morpholine rings is 1.